The molecule has 0 radical (unpaired) electrons. The van der Waals surface area contributed by atoms with Crippen molar-refractivity contribution in [3.63, 3.8) is 0 Å². The van der Waals surface area contributed by atoms with Crippen molar-refractivity contribution in [1.29, 1.82) is 0 Å². The Hall–Kier alpha value is -3.15. The minimum absolute atomic E-state index is 0.00100. The van der Waals surface area contributed by atoms with Crippen LogP contribution in [-0.4, -0.2) is 23.5 Å². The van der Waals surface area contributed by atoms with E-state index in [1.54, 1.807) is 12.3 Å². The highest BCUT2D eigenvalue weighted by Crippen LogP contribution is 2.28. The number of carbonyl (C=O) groups is 1. The zero-order valence-corrected chi connectivity index (χ0v) is 15.6. The van der Waals surface area contributed by atoms with Gasteiger partial charge in [-0.25, -0.2) is 4.39 Å². The zero-order chi connectivity index (χ0) is 19.5. The second-order valence-electron chi connectivity index (χ2n) is 7.06. The lowest BCUT2D eigenvalue weighted by Gasteiger charge is -2.17. The molecule has 6 heteroatoms. The summed E-state index contributed by atoms with van der Waals surface area (Å²) in [5, 5.41) is 7.06. The first kappa shape index (κ1) is 18.2. The van der Waals surface area contributed by atoms with E-state index < -0.39 is 0 Å². The number of nitrogens with zero attached hydrogens (tertiary/aromatic N) is 1. The Bertz CT molecular complexity index is 987. The van der Waals surface area contributed by atoms with Crippen molar-refractivity contribution in [2.75, 3.05) is 11.9 Å². The summed E-state index contributed by atoms with van der Waals surface area (Å²) in [4.78, 5) is 15.8. The number of benzene rings is 2. The SMILES string of the molecule is CC(Nc1ccnc2c(F)cccc12)c1ccc(OCC(=O)NC2CC2)cc1. The largest absolute Gasteiger partial charge is 0.484 e. The van der Waals surface area contributed by atoms with Crippen LogP contribution in [0.15, 0.2) is 54.7 Å². The van der Waals surface area contributed by atoms with Gasteiger partial charge in [0.2, 0.25) is 0 Å². The van der Waals surface area contributed by atoms with Gasteiger partial charge < -0.3 is 15.4 Å². The maximum Gasteiger partial charge on any atom is 0.258 e. The molecule has 0 aliphatic heterocycles. The highest BCUT2D eigenvalue weighted by atomic mass is 19.1. The lowest BCUT2D eigenvalue weighted by atomic mass is 10.1. The van der Waals surface area contributed by atoms with Gasteiger partial charge in [0.05, 0.1) is 0 Å². The minimum Gasteiger partial charge on any atom is -0.484 e. The maximum absolute atomic E-state index is 13.9. The number of ether oxygens (including phenoxy) is 1. The average molecular weight is 379 g/mol. The molecule has 1 fully saturated rings. The van der Waals surface area contributed by atoms with Gasteiger partial charge in [0.15, 0.2) is 6.61 Å². The fourth-order valence-corrected chi connectivity index (χ4v) is 3.08. The minimum atomic E-state index is -0.332. The van der Waals surface area contributed by atoms with Crippen LogP contribution in [-0.2, 0) is 4.79 Å². The highest BCUT2D eigenvalue weighted by Gasteiger charge is 2.23. The summed E-state index contributed by atoms with van der Waals surface area (Å²) in [5.74, 6) is 0.234. The van der Waals surface area contributed by atoms with Crippen LogP contribution in [0.3, 0.4) is 0 Å². The number of hydrogen-bond donors (Lipinski definition) is 2. The molecule has 1 aliphatic carbocycles. The summed E-state index contributed by atoms with van der Waals surface area (Å²) in [6.45, 7) is 2.06. The third-order valence-electron chi connectivity index (χ3n) is 4.79. The number of hydrogen-bond acceptors (Lipinski definition) is 4. The van der Waals surface area contributed by atoms with Crippen molar-refractivity contribution in [1.82, 2.24) is 10.3 Å². The molecule has 0 spiro atoms. The van der Waals surface area contributed by atoms with Crippen molar-refractivity contribution in [3.8, 4) is 5.75 Å². The molecule has 1 aromatic heterocycles. The molecule has 4 rings (SSSR count). The lowest BCUT2D eigenvalue weighted by molar-refractivity contribution is -0.123. The van der Waals surface area contributed by atoms with Crippen LogP contribution in [0.5, 0.6) is 5.75 Å². The second-order valence-corrected chi connectivity index (χ2v) is 7.06. The van der Waals surface area contributed by atoms with Gasteiger partial charge in [-0.15, -0.1) is 0 Å². The standard InChI is InChI=1S/C22H22FN3O2/c1-14(25-20-11-12-24-22-18(20)3-2-4-19(22)23)15-5-9-17(10-6-15)28-13-21(27)26-16-7-8-16/h2-6,9-12,14,16H,7-8,13H2,1H3,(H,24,25)(H,26,27). The Labute approximate surface area is 162 Å². The monoisotopic (exact) mass is 379 g/mol. The summed E-state index contributed by atoms with van der Waals surface area (Å²) in [5.41, 5.74) is 2.23. The summed E-state index contributed by atoms with van der Waals surface area (Å²) in [7, 11) is 0. The molecule has 2 aromatic carbocycles. The van der Waals surface area contributed by atoms with Crippen molar-refractivity contribution >= 4 is 22.5 Å². The number of para-hydroxylation sites is 1. The van der Waals surface area contributed by atoms with Crippen LogP contribution in [0.4, 0.5) is 10.1 Å². The number of fused-ring (bicyclic) bond motifs is 1. The summed E-state index contributed by atoms with van der Waals surface area (Å²) in [6.07, 6.45) is 3.72. The fraction of sp³-hybridized carbons (Fsp3) is 0.273. The number of pyridine rings is 1. The first-order valence-corrected chi connectivity index (χ1v) is 9.42. The molecular weight excluding hydrogens is 357 g/mol. The third-order valence-corrected chi connectivity index (χ3v) is 4.79. The van der Waals surface area contributed by atoms with Crippen LogP contribution in [0.2, 0.25) is 0 Å². The number of amides is 1. The first-order valence-electron chi connectivity index (χ1n) is 9.42. The van der Waals surface area contributed by atoms with Crippen LogP contribution < -0.4 is 15.4 Å². The molecule has 1 amide bonds. The molecule has 0 saturated heterocycles. The topological polar surface area (TPSA) is 63.3 Å². The number of anilines is 1. The fourth-order valence-electron chi connectivity index (χ4n) is 3.08. The van der Waals surface area contributed by atoms with E-state index in [1.807, 2.05) is 43.3 Å². The molecule has 5 nitrogen and oxygen atoms in total. The second kappa shape index (κ2) is 7.84. The molecule has 3 aromatic rings. The van der Waals surface area contributed by atoms with E-state index in [0.29, 0.717) is 17.3 Å². The molecule has 144 valence electrons. The third kappa shape index (κ3) is 4.22. The van der Waals surface area contributed by atoms with Crippen molar-refractivity contribution in [2.45, 2.75) is 31.8 Å². The number of carbonyl (C=O) groups excluding carboxylic acids is 1. The predicted molar refractivity (Wildman–Crippen MR) is 107 cm³/mol. The Morgan fingerprint density at radius 1 is 1.21 bits per heavy atom. The molecule has 1 atom stereocenters. The molecule has 2 N–H and O–H groups in total. The number of nitrogens with one attached hydrogen (secondary N) is 2. The van der Waals surface area contributed by atoms with E-state index in [-0.39, 0.29) is 24.4 Å². The molecule has 1 unspecified atom stereocenters. The quantitative estimate of drug-likeness (QED) is 0.646. The first-order chi connectivity index (χ1) is 13.6. The van der Waals surface area contributed by atoms with Crippen molar-refractivity contribution in [2.24, 2.45) is 0 Å². The zero-order valence-electron chi connectivity index (χ0n) is 15.6. The van der Waals surface area contributed by atoms with E-state index in [4.69, 9.17) is 4.74 Å². The van der Waals surface area contributed by atoms with Crippen LogP contribution in [0.1, 0.15) is 31.4 Å². The Balaban J connectivity index is 1.40. The Morgan fingerprint density at radius 2 is 2.00 bits per heavy atom. The van der Waals surface area contributed by atoms with Gasteiger partial charge in [-0.1, -0.05) is 24.3 Å². The Morgan fingerprint density at radius 3 is 2.75 bits per heavy atom. The van der Waals surface area contributed by atoms with Gasteiger partial charge in [-0.3, -0.25) is 9.78 Å². The van der Waals surface area contributed by atoms with E-state index in [9.17, 15) is 9.18 Å². The number of rotatable bonds is 7. The number of aromatic nitrogens is 1. The predicted octanol–water partition coefficient (Wildman–Crippen LogP) is 4.20. The Kier molecular flexibility index (Phi) is 5.10. The van der Waals surface area contributed by atoms with Gasteiger partial charge >= 0.3 is 0 Å². The van der Waals surface area contributed by atoms with Gasteiger partial charge in [-0.05, 0) is 49.6 Å². The molecular formula is C22H22FN3O2. The molecule has 1 aliphatic rings. The maximum atomic E-state index is 13.9. The summed E-state index contributed by atoms with van der Waals surface area (Å²) in [6, 6.07) is 14.7. The van der Waals surface area contributed by atoms with E-state index >= 15 is 0 Å². The van der Waals surface area contributed by atoms with Crippen molar-refractivity contribution in [3.05, 3.63) is 66.1 Å². The summed E-state index contributed by atoms with van der Waals surface area (Å²) < 4.78 is 19.5. The van der Waals surface area contributed by atoms with Gasteiger partial charge in [-0.2, -0.15) is 0 Å². The smallest absolute Gasteiger partial charge is 0.258 e. The highest BCUT2D eigenvalue weighted by molar-refractivity contribution is 5.91. The average Bonchev–Trinajstić information content (AvgIpc) is 3.51. The van der Waals surface area contributed by atoms with Gasteiger partial charge in [0.1, 0.15) is 17.1 Å². The molecule has 28 heavy (non-hydrogen) atoms. The van der Waals surface area contributed by atoms with Crippen LogP contribution >= 0.6 is 0 Å². The normalized spacial score (nSPS) is 14.5. The molecule has 0 bridgehead atoms. The number of halogens is 1. The van der Waals surface area contributed by atoms with E-state index in [2.05, 4.69) is 15.6 Å². The van der Waals surface area contributed by atoms with Gasteiger partial charge in [0.25, 0.3) is 5.91 Å². The van der Waals surface area contributed by atoms with Crippen LogP contribution in [0, 0.1) is 5.82 Å². The summed E-state index contributed by atoms with van der Waals surface area (Å²) >= 11 is 0. The molecule has 1 heterocycles. The van der Waals surface area contributed by atoms with Crippen molar-refractivity contribution < 1.29 is 13.9 Å². The van der Waals surface area contributed by atoms with Gasteiger partial charge in [0, 0.05) is 29.4 Å². The van der Waals surface area contributed by atoms with E-state index in [0.717, 1.165) is 29.5 Å². The molecule has 1 saturated carbocycles. The lowest BCUT2D eigenvalue weighted by Crippen LogP contribution is -2.30. The van der Waals surface area contributed by atoms with E-state index in [1.165, 1.54) is 6.07 Å². The van der Waals surface area contributed by atoms with Crippen LogP contribution in [0.25, 0.3) is 10.9 Å².